The predicted molar refractivity (Wildman–Crippen MR) is 246 cm³/mol. The third-order valence-electron chi connectivity index (χ3n) is 10.7. The van der Waals surface area contributed by atoms with Crippen LogP contribution in [0.4, 0.5) is 0 Å². The maximum atomic E-state index is 6.31. The van der Waals surface area contributed by atoms with Crippen molar-refractivity contribution in [3.63, 3.8) is 0 Å². The van der Waals surface area contributed by atoms with Crippen molar-refractivity contribution >= 4 is 57.0 Å². The molecule has 0 N–H and O–H groups in total. The fourth-order valence-corrected chi connectivity index (χ4v) is 9.57. The Bertz CT molecular complexity index is 3070. The number of para-hydroxylation sites is 3. The molecule has 3 aromatic heterocycles. The Morgan fingerprint density at radius 1 is 0.678 bits per heavy atom. The van der Waals surface area contributed by atoms with E-state index in [4.69, 9.17) is 14.4 Å². The van der Waals surface area contributed by atoms with Crippen molar-refractivity contribution in [2.45, 2.75) is 39.9 Å². The summed E-state index contributed by atoms with van der Waals surface area (Å²) in [5.74, 6) is 1.46. The second-order valence-corrected chi connectivity index (χ2v) is 21.5. The molecule has 10 aromatic rings. The first-order valence-corrected chi connectivity index (χ1v) is 23.6. The van der Waals surface area contributed by atoms with Crippen molar-refractivity contribution in [1.82, 2.24) is 14.5 Å². The van der Waals surface area contributed by atoms with E-state index in [1.165, 1.54) is 32.6 Å². The van der Waals surface area contributed by atoms with Gasteiger partial charge in [-0.3, -0.25) is 4.98 Å². The molecule has 59 heavy (non-hydrogen) atoms. The molecule has 0 saturated carbocycles. The second-order valence-electron chi connectivity index (χ2n) is 16.4. The smallest absolute Gasteiger partial charge is 0.120 e. The summed E-state index contributed by atoms with van der Waals surface area (Å²) in [6, 6.07) is 61.3. The average Bonchev–Trinajstić information content (AvgIpc) is 3.83. The molecule has 4 nitrogen and oxygen atoms in total. The van der Waals surface area contributed by atoms with E-state index in [1.807, 2.05) is 42.5 Å². The van der Waals surface area contributed by atoms with Crippen LogP contribution in [0.3, 0.4) is 0 Å². The zero-order valence-electron chi connectivity index (χ0n) is 34.0. The van der Waals surface area contributed by atoms with Crippen molar-refractivity contribution in [2.24, 2.45) is 5.92 Å². The molecule has 0 unspecified atom stereocenters. The quantitative estimate of drug-likeness (QED) is 0.118. The SMILES string of the molecule is CC(C)Cc1cc(-c2[c-]ccc(-c3ccccc3)c2)ncc1[Si](C)(C)C.[Ir].[c-]1ccc2c(oc3ccccc32)c1-c1nc2ccccc2n1-c1ccc2ccccc2c1. The minimum atomic E-state index is -1.40. The summed E-state index contributed by atoms with van der Waals surface area (Å²) in [5.41, 5.74) is 11.6. The molecule has 293 valence electrons. The minimum Gasteiger partial charge on any atom is -0.501 e. The Morgan fingerprint density at radius 2 is 1.41 bits per heavy atom. The Morgan fingerprint density at radius 3 is 2.22 bits per heavy atom. The summed E-state index contributed by atoms with van der Waals surface area (Å²) < 4.78 is 8.52. The first-order chi connectivity index (χ1) is 28.2. The fourth-order valence-electron chi connectivity index (χ4n) is 7.98. The van der Waals surface area contributed by atoms with Crippen LogP contribution in [0.15, 0.2) is 168 Å². The molecule has 0 aliphatic heterocycles. The molecule has 10 rings (SSSR count). The number of hydrogen-bond donors (Lipinski definition) is 0. The van der Waals surface area contributed by atoms with Gasteiger partial charge >= 0.3 is 0 Å². The van der Waals surface area contributed by atoms with Crippen molar-refractivity contribution in [1.29, 1.82) is 0 Å². The van der Waals surface area contributed by atoms with Gasteiger partial charge in [0, 0.05) is 37.4 Å². The molecule has 0 amide bonds. The minimum absolute atomic E-state index is 0. The van der Waals surface area contributed by atoms with E-state index in [-0.39, 0.29) is 20.1 Å². The summed E-state index contributed by atoms with van der Waals surface area (Å²) in [4.78, 5) is 9.85. The van der Waals surface area contributed by atoms with Crippen LogP contribution in [0.2, 0.25) is 19.6 Å². The van der Waals surface area contributed by atoms with E-state index in [1.54, 1.807) is 0 Å². The van der Waals surface area contributed by atoms with Gasteiger partial charge in [0.15, 0.2) is 0 Å². The number of hydrogen-bond acceptors (Lipinski definition) is 3. The third-order valence-corrected chi connectivity index (χ3v) is 12.8. The number of fused-ring (bicyclic) bond motifs is 5. The molecule has 0 spiro atoms. The molecule has 0 aliphatic carbocycles. The maximum Gasteiger partial charge on any atom is 0.120 e. The van der Waals surface area contributed by atoms with E-state index in [2.05, 4.69) is 172 Å². The molecule has 0 aliphatic rings. The molecular weight excluding hydrogens is 915 g/mol. The summed E-state index contributed by atoms with van der Waals surface area (Å²) in [6.07, 6.45) is 3.23. The van der Waals surface area contributed by atoms with Crippen LogP contribution in [0.5, 0.6) is 0 Å². The van der Waals surface area contributed by atoms with E-state index >= 15 is 0 Å². The second kappa shape index (κ2) is 16.7. The molecule has 0 bridgehead atoms. The summed E-state index contributed by atoms with van der Waals surface area (Å²) in [6.45, 7) is 11.8. The van der Waals surface area contributed by atoms with Crippen LogP contribution in [-0.2, 0) is 26.5 Å². The van der Waals surface area contributed by atoms with E-state index < -0.39 is 8.07 Å². The van der Waals surface area contributed by atoms with Gasteiger partial charge in [-0.05, 0) is 69.9 Å². The number of rotatable bonds is 7. The topological polar surface area (TPSA) is 43.9 Å². The molecule has 0 atom stereocenters. The Labute approximate surface area is 361 Å². The zero-order valence-corrected chi connectivity index (χ0v) is 37.4. The number of aromatic nitrogens is 3. The van der Waals surface area contributed by atoms with Crippen molar-refractivity contribution in [3.05, 3.63) is 182 Å². The molecule has 6 heteroatoms. The number of nitrogens with zero attached hydrogens (tertiary/aromatic N) is 3. The normalized spacial score (nSPS) is 11.6. The third kappa shape index (κ3) is 8.09. The van der Waals surface area contributed by atoms with Crippen LogP contribution in [0.1, 0.15) is 19.4 Å². The summed E-state index contributed by atoms with van der Waals surface area (Å²) >= 11 is 0. The molecule has 1 radical (unpaired) electrons. The standard InChI is InChI=1S/C29H17N2O.C24H28NSi.Ir/c1-2-9-20-18-21(17-16-19(20)8-1)31-26-14-5-4-13-25(26)30-29(31)24-12-7-11-23-22-10-3-6-15-27(22)32-28(23)24;1-18(2)14-22-16-23(25-17-24(22)26(3,4)5)21-13-9-12-20(15-21)19-10-7-6-8-11-19;/h1-11,13-18H;6-12,15-18H,14H2,1-5H3;/q2*-1;. The van der Waals surface area contributed by atoms with Gasteiger partial charge in [0.1, 0.15) is 5.58 Å². The van der Waals surface area contributed by atoms with Gasteiger partial charge in [-0.2, -0.15) is 0 Å². The van der Waals surface area contributed by atoms with Crippen molar-refractivity contribution < 1.29 is 24.5 Å². The van der Waals surface area contributed by atoms with Gasteiger partial charge < -0.3 is 14.0 Å². The van der Waals surface area contributed by atoms with Crippen LogP contribution in [0, 0.1) is 18.1 Å². The molecule has 7 aromatic carbocycles. The fraction of sp³-hybridized carbons (Fsp3) is 0.132. The number of benzene rings is 7. The van der Waals surface area contributed by atoms with Crippen molar-refractivity contribution in [2.75, 3.05) is 0 Å². The van der Waals surface area contributed by atoms with Gasteiger partial charge in [0.05, 0.1) is 30.5 Å². The molecule has 3 heterocycles. The maximum absolute atomic E-state index is 6.31. The predicted octanol–water partition coefficient (Wildman–Crippen LogP) is 13.5. The van der Waals surface area contributed by atoms with Crippen LogP contribution >= 0.6 is 0 Å². The zero-order chi connectivity index (χ0) is 39.8. The van der Waals surface area contributed by atoms with E-state index in [0.717, 1.165) is 67.7 Å². The number of imidazole rings is 1. The Kier molecular flexibility index (Phi) is 11.3. The molecule has 0 saturated heterocycles. The number of pyridine rings is 1. The number of furan rings is 1. The van der Waals surface area contributed by atoms with E-state index in [0.29, 0.717) is 5.92 Å². The summed E-state index contributed by atoms with van der Waals surface area (Å²) in [5, 5.41) is 6.07. The first-order valence-electron chi connectivity index (χ1n) is 20.1. The van der Waals surface area contributed by atoms with Crippen molar-refractivity contribution in [3.8, 4) is 39.5 Å². The van der Waals surface area contributed by atoms with Gasteiger partial charge in [-0.15, -0.1) is 53.6 Å². The van der Waals surface area contributed by atoms with Gasteiger partial charge in [-0.25, -0.2) is 0 Å². The summed E-state index contributed by atoms with van der Waals surface area (Å²) in [7, 11) is -1.40. The van der Waals surface area contributed by atoms with Crippen LogP contribution in [-0.4, -0.2) is 22.6 Å². The molecule has 0 fully saturated rings. The van der Waals surface area contributed by atoms with Gasteiger partial charge in [-0.1, -0.05) is 147 Å². The Hall–Kier alpha value is -5.91. The molecular formula is C53H45IrN3OSi-2. The largest absolute Gasteiger partial charge is 0.501 e. The van der Waals surface area contributed by atoms with Gasteiger partial charge in [0.25, 0.3) is 0 Å². The average molecular weight is 960 g/mol. The monoisotopic (exact) mass is 960 g/mol. The van der Waals surface area contributed by atoms with Crippen LogP contribution in [0.25, 0.3) is 83.2 Å². The Balaban J connectivity index is 0.000000165. The van der Waals surface area contributed by atoms with E-state index in [9.17, 15) is 0 Å². The van der Waals surface area contributed by atoms with Gasteiger partial charge in [0.2, 0.25) is 0 Å². The van der Waals surface area contributed by atoms with Crippen LogP contribution < -0.4 is 5.19 Å². The first kappa shape index (κ1) is 39.9.